The predicted molar refractivity (Wildman–Crippen MR) is 91.2 cm³/mol. The van der Waals surface area contributed by atoms with E-state index in [0.29, 0.717) is 16.5 Å². The first-order chi connectivity index (χ1) is 9.99. The number of benzene rings is 1. The quantitative estimate of drug-likeness (QED) is 0.778. The molecule has 0 radical (unpaired) electrons. The molecule has 1 aromatic carbocycles. The third kappa shape index (κ3) is 3.85. The van der Waals surface area contributed by atoms with E-state index in [9.17, 15) is 4.79 Å². The van der Waals surface area contributed by atoms with Crippen molar-refractivity contribution in [2.24, 2.45) is 5.92 Å². The molecule has 4 heteroatoms. The van der Waals surface area contributed by atoms with E-state index < -0.39 is 0 Å². The van der Waals surface area contributed by atoms with Crippen molar-refractivity contribution in [3.8, 4) is 0 Å². The number of hydrogen-bond donors (Lipinski definition) is 2. The minimum absolute atomic E-state index is 0.0259. The summed E-state index contributed by atoms with van der Waals surface area (Å²) in [6.07, 6.45) is 0. The zero-order valence-electron chi connectivity index (χ0n) is 12.7. The second kappa shape index (κ2) is 6.76. The fourth-order valence-corrected chi connectivity index (χ4v) is 3.17. The molecule has 0 aliphatic carbocycles. The number of Topliss-reactive ketones (excluding diaryl/α,β-unsaturated/α-hetero) is 1. The summed E-state index contributed by atoms with van der Waals surface area (Å²) in [7, 11) is 0. The van der Waals surface area contributed by atoms with Crippen molar-refractivity contribution in [2.75, 3.05) is 17.6 Å². The molecule has 112 valence electrons. The first-order valence-corrected chi connectivity index (χ1v) is 8.03. The standard InChI is InChI=1S/C17H22N2OS/c1-11(2)16(20)17-14(18)9-15(21-17)19-10-12(3)13-7-5-4-6-8-13/h4-9,11-12,19H,10,18H2,1-3H3. The molecule has 2 rings (SSSR count). The molecule has 3 N–H and O–H groups in total. The van der Waals surface area contributed by atoms with Gasteiger partial charge in [-0.05, 0) is 17.5 Å². The van der Waals surface area contributed by atoms with Gasteiger partial charge >= 0.3 is 0 Å². The highest BCUT2D eigenvalue weighted by Gasteiger charge is 2.17. The van der Waals surface area contributed by atoms with E-state index in [1.807, 2.05) is 38.1 Å². The summed E-state index contributed by atoms with van der Waals surface area (Å²) in [5.74, 6) is 0.488. The van der Waals surface area contributed by atoms with Crippen LogP contribution in [0.1, 0.15) is 41.9 Å². The van der Waals surface area contributed by atoms with Crippen LogP contribution in [0.15, 0.2) is 36.4 Å². The Balaban J connectivity index is 2.01. The topological polar surface area (TPSA) is 55.1 Å². The Kier molecular flexibility index (Phi) is 5.02. The molecule has 0 saturated carbocycles. The average molecular weight is 302 g/mol. The number of thiophene rings is 1. The Morgan fingerprint density at radius 2 is 1.90 bits per heavy atom. The monoisotopic (exact) mass is 302 g/mol. The van der Waals surface area contributed by atoms with Crippen LogP contribution in [-0.4, -0.2) is 12.3 Å². The number of ketones is 1. The van der Waals surface area contributed by atoms with Crippen LogP contribution < -0.4 is 11.1 Å². The van der Waals surface area contributed by atoms with Gasteiger partial charge in [0.15, 0.2) is 5.78 Å². The lowest BCUT2D eigenvalue weighted by Gasteiger charge is -2.12. The maximum atomic E-state index is 12.0. The molecule has 1 aromatic heterocycles. The first kappa shape index (κ1) is 15.6. The molecule has 0 spiro atoms. The Bertz CT molecular complexity index is 605. The second-order valence-electron chi connectivity index (χ2n) is 5.61. The minimum atomic E-state index is -0.0259. The van der Waals surface area contributed by atoms with Gasteiger partial charge in [-0.25, -0.2) is 0 Å². The lowest BCUT2D eigenvalue weighted by molar-refractivity contribution is 0.0944. The fraction of sp³-hybridized carbons (Fsp3) is 0.353. The molecule has 21 heavy (non-hydrogen) atoms. The van der Waals surface area contributed by atoms with Crippen LogP contribution in [0.4, 0.5) is 10.7 Å². The summed E-state index contributed by atoms with van der Waals surface area (Å²) in [5.41, 5.74) is 7.82. The van der Waals surface area contributed by atoms with Crippen LogP contribution in [0.5, 0.6) is 0 Å². The van der Waals surface area contributed by atoms with Crippen molar-refractivity contribution in [1.29, 1.82) is 0 Å². The molecule has 1 atom stereocenters. The van der Waals surface area contributed by atoms with Gasteiger partial charge in [0.25, 0.3) is 0 Å². The van der Waals surface area contributed by atoms with Gasteiger partial charge in [-0.1, -0.05) is 51.1 Å². The van der Waals surface area contributed by atoms with Crippen molar-refractivity contribution in [1.82, 2.24) is 0 Å². The third-order valence-corrected chi connectivity index (χ3v) is 4.58. The van der Waals surface area contributed by atoms with Crippen LogP contribution in [0.2, 0.25) is 0 Å². The van der Waals surface area contributed by atoms with E-state index in [1.165, 1.54) is 16.9 Å². The number of carbonyl (C=O) groups is 1. The minimum Gasteiger partial charge on any atom is -0.397 e. The van der Waals surface area contributed by atoms with Gasteiger partial charge in [0.1, 0.15) is 0 Å². The van der Waals surface area contributed by atoms with E-state index in [1.54, 1.807) is 0 Å². The highest BCUT2D eigenvalue weighted by Crippen LogP contribution is 2.31. The van der Waals surface area contributed by atoms with Gasteiger partial charge in [0.05, 0.1) is 15.6 Å². The highest BCUT2D eigenvalue weighted by atomic mass is 32.1. The number of carbonyl (C=O) groups excluding carboxylic acids is 1. The maximum Gasteiger partial charge on any atom is 0.177 e. The first-order valence-electron chi connectivity index (χ1n) is 7.21. The molecule has 0 aliphatic rings. The summed E-state index contributed by atoms with van der Waals surface area (Å²) < 4.78 is 0. The summed E-state index contributed by atoms with van der Waals surface area (Å²) >= 11 is 1.45. The van der Waals surface area contributed by atoms with Crippen LogP contribution in [0, 0.1) is 5.92 Å². The normalized spacial score (nSPS) is 12.4. The van der Waals surface area contributed by atoms with Gasteiger partial charge in [0, 0.05) is 12.5 Å². The Morgan fingerprint density at radius 1 is 1.24 bits per heavy atom. The van der Waals surface area contributed by atoms with Crippen LogP contribution in [0.25, 0.3) is 0 Å². The van der Waals surface area contributed by atoms with Crippen LogP contribution >= 0.6 is 11.3 Å². The number of nitrogens with one attached hydrogen (secondary N) is 1. The van der Waals surface area contributed by atoms with Gasteiger partial charge in [-0.2, -0.15) is 0 Å². The number of hydrogen-bond acceptors (Lipinski definition) is 4. The summed E-state index contributed by atoms with van der Waals surface area (Å²) in [6.45, 7) is 6.79. The Hall–Kier alpha value is -1.81. The van der Waals surface area contributed by atoms with Gasteiger partial charge in [0.2, 0.25) is 0 Å². The molecular formula is C17H22N2OS. The lowest BCUT2D eigenvalue weighted by Crippen LogP contribution is -2.08. The van der Waals surface area contributed by atoms with E-state index in [4.69, 9.17) is 5.73 Å². The van der Waals surface area contributed by atoms with Gasteiger partial charge in [-0.3, -0.25) is 4.79 Å². The van der Waals surface area contributed by atoms with E-state index in [0.717, 1.165) is 11.5 Å². The number of rotatable bonds is 6. The van der Waals surface area contributed by atoms with Crippen molar-refractivity contribution in [3.63, 3.8) is 0 Å². The fourth-order valence-electron chi connectivity index (χ4n) is 2.10. The Morgan fingerprint density at radius 3 is 2.52 bits per heavy atom. The molecule has 1 unspecified atom stereocenters. The van der Waals surface area contributed by atoms with E-state index >= 15 is 0 Å². The van der Waals surface area contributed by atoms with Gasteiger partial charge in [-0.15, -0.1) is 11.3 Å². The molecule has 2 aromatic rings. The van der Waals surface area contributed by atoms with E-state index in [-0.39, 0.29) is 11.7 Å². The molecule has 0 bridgehead atoms. The molecule has 0 amide bonds. The lowest BCUT2D eigenvalue weighted by atomic mass is 10.0. The number of nitrogens with two attached hydrogens (primary N) is 1. The van der Waals surface area contributed by atoms with E-state index in [2.05, 4.69) is 24.4 Å². The van der Waals surface area contributed by atoms with Crippen LogP contribution in [-0.2, 0) is 0 Å². The largest absolute Gasteiger partial charge is 0.397 e. The summed E-state index contributed by atoms with van der Waals surface area (Å²) in [4.78, 5) is 12.7. The molecule has 0 fully saturated rings. The highest BCUT2D eigenvalue weighted by molar-refractivity contribution is 7.18. The summed E-state index contributed by atoms with van der Waals surface area (Å²) in [6, 6.07) is 12.2. The average Bonchev–Trinajstić information content (AvgIpc) is 2.85. The third-order valence-electron chi connectivity index (χ3n) is 3.46. The maximum absolute atomic E-state index is 12.0. The predicted octanol–water partition coefficient (Wildman–Crippen LogP) is 4.38. The molecule has 1 heterocycles. The molecule has 3 nitrogen and oxygen atoms in total. The Labute approximate surface area is 130 Å². The molecular weight excluding hydrogens is 280 g/mol. The molecule has 0 aliphatic heterocycles. The van der Waals surface area contributed by atoms with Crippen molar-refractivity contribution < 1.29 is 4.79 Å². The zero-order valence-corrected chi connectivity index (χ0v) is 13.5. The summed E-state index contributed by atoms with van der Waals surface area (Å²) in [5, 5.41) is 4.34. The number of nitrogen functional groups attached to an aromatic ring is 1. The van der Waals surface area contributed by atoms with Crippen molar-refractivity contribution in [3.05, 3.63) is 46.8 Å². The van der Waals surface area contributed by atoms with Gasteiger partial charge < -0.3 is 11.1 Å². The smallest absolute Gasteiger partial charge is 0.177 e. The van der Waals surface area contributed by atoms with Crippen LogP contribution in [0.3, 0.4) is 0 Å². The SMILES string of the molecule is CC(C)C(=O)c1sc(NCC(C)c2ccccc2)cc1N. The molecule has 0 saturated heterocycles. The number of anilines is 2. The van der Waals surface area contributed by atoms with Crippen molar-refractivity contribution in [2.45, 2.75) is 26.7 Å². The second-order valence-corrected chi connectivity index (χ2v) is 6.66. The van der Waals surface area contributed by atoms with Crippen molar-refractivity contribution >= 4 is 27.8 Å². The zero-order chi connectivity index (χ0) is 15.4.